The zero-order valence-electron chi connectivity index (χ0n) is 13.0. The van der Waals surface area contributed by atoms with Crippen LogP contribution in [0, 0.1) is 5.92 Å². The Kier molecular flexibility index (Phi) is 5.40. The zero-order chi connectivity index (χ0) is 18.8. The van der Waals surface area contributed by atoms with Crippen LogP contribution in [0.5, 0.6) is 0 Å². The molecule has 25 heavy (non-hydrogen) atoms. The van der Waals surface area contributed by atoms with Crippen molar-refractivity contribution in [3.05, 3.63) is 35.4 Å². The molecule has 1 saturated heterocycles. The number of alkyl halides is 3. The molecule has 138 valence electrons. The van der Waals surface area contributed by atoms with E-state index in [9.17, 15) is 31.2 Å². The average Bonchev–Trinajstić information content (AvgIpc) is 2.85. The van der Waals surface area contributed by atoms with Crippen LogP contribution in [0.25, 0.3) is 0 Å². The number of carboxylic acids is 1. The first-order valence-corrected chi connectivity index (χ1v) is 9.17. The molecule has 0 spiro atoms. The molecule has 0 bridgehead atoms. The molecule has 1 aromatic carbocycles. The van der Waals surface area contributed by atoms with Gasteiger partial charge in [-0.15, -0.1) is 0 Å². The van der Waals surface area contributed by atoms with Gasteiger partial charge in [-0.2, -0.15) is 13.2 Å². The van der Waals surface area contributed by atoms with Crippen LogP contribution in [0.4, 0.5) is 13.2 Å². The predicted octanol–water partition coefficient (Wildman–Crippen LogP) is 1.55. The maximum Gasteiger partial charge on any atom is 0.416 e. The van der Waals surface area contributed by atoms with E-state index in [1.807, 2.05) is 0 Å². The molecule has 1 atom stereocenters. The average molecular weight is 379 g/mol. The Balaban J connectivity index is 2.15. The van der Waals surface area contributed by atoms with E-state index in [0.717, 1.165) is 29.2 Å². The van der Waals surface area contributed by atoms with E-state index in [1.165, 1.54) is 0 Å². The molecule has 1 amide bonds. The Hall–Kier alpha value is -2.10. The van der Waals surface area contributed by atoms with Crippen molar-refractivity contribution in [2.75, 3.05) is 18.1 Å². The Morgan fingerprint density at radius 2 is 1.80 bits per heavy atom. The minimum atomic E-state index is -4.49. The fraction of sp³-hybridized carbons (Fsp3) is 0.467. The minimum Gasteiger partial charge on any atom is -0.480 e. The van der Waals surface area contributed by atoms with Crippen LogP contribution in [-0.4, -0.2) is 48.4 Å². The molecule has 0 radical (unpaired) electrons. The maximum absolute atomic E-state index is 12.6. The van der Waals surface area contributed by atoms with Gasteiger partial charge in [0.05, 0.1) is 23.0 Å². The highest BCUT2D eigenvalue weighted by Gasteiger charge is 2.36. The number of carbonyl (C=O) groups is 2. The largest absolute Gasteiger partial charge is 0.480 e. The zero-order valence-corrected chi connectivity index (χ0v) is 13.8. The third-order valence-electron chi connectivity index (χ3n) is 3.87. The quantitative estimate of drug-likeness (QED) is 0.838. The predicted molar refractivity (Wildman–Crippen MR) is 81.3 cm³/mol. The van der Waals surface area contributed by atoms with Crippen LogP contribution in [0.2, 0.25) is 0 Å². The standard InChI is InChI=1S/C15H16F3NO5S/c16-15(17,18)12-3-1-10(2-4-12)7-19(8-13(20)21)14(22)11-5-6-25(23,24)9-11/h1-4,11H,5-9H2,(H,20,21)/t11-/m1/s1. The third kappa shape index (κ3) is 5.18. The molecule has 1 heterocycles. The number of hydrogen-bond donors (Lipinski definition) is 1. The van der Waals surface area contributed by atoms with Crippen LogP contribution >= 0.6 is 0 Å². The van der Waals surface area contributed by atoms with Gasteiger partial charge in [0.25, 0.3) is 0 Å². The number of aliphatic carboxylic acids is 1. The van der Waals surface area contributed by atoms with Crippen molar-refractivity contribution in [2.24, 2.45) is 5.92 Å². The number of hydrogen-bond acceptors (Lipinski definition) is 4. The van der Waals surface area contributed by atoms with Crippen molar-refractivity contribution in [3.8, 4) is 0 Å². The molecule has 1 aliphatic heterocycles. The fourth-order valence-electron chi connectivity index (χ4n) is 2.64. The van der Waals surface area contributed by atoms with Crippen LogP contribution in [0.15, 0.2) is 24.3 Å². The van der Waals surface area contributed by atoms with E-state index in [1.54, 1.807) is 0 Å². The molecule has 0 aliphatic carbocycles. The Morgan fingerprint density at radius 1 is 1.20 bits per heavy atom. The summed E-state index contributed by atoms with van der Waals surface area (Å²) in [6.07, 6.45) is -4.38. The van der Waals surface area contributed by atoms with Gasteiger partial charge in [0.1, 0.15) is 6.54 Å². The molecule has 2 rings (SSSR count). The van der Waals surface area contributed by atoms with Crippen LogP contribution in [-0.2, 0) is 32.1 Å². The highest BCUT2D eigenvalue weighted by Crippen LogP contribution is 2.29. The lowest BCUT2D eigenvalue weighted by Crippen LogP contribution is -2.39. The van der Waals surface area contributed by atoms with E-state index in [-0.39, 0.29) is 24.5 Å². The van der Waals surface area contributed by atoms with Crippen LogP contribution in [0.1, 0.15) is 17.5 Å². The van der Waals surface area contributed by atoms with Gasteiger partial charge >= 0.3 is 12.1 Å². The maximum atomic E-state index is 12.6. The minimum absolute atomic E-state index is 0.115. The lowest BCUT2D eigenvalue weighted by molar-refractivity contribution is -0.146. The number of amides is 1. The number of carboxylic acid groups (broad SMARTS) is 1. The molecule has 1 aliphatic rings. The van der Waals surface area contributed by atoms with Crippen molar-refractivity contribution < 1.29 is 36.3 Å². The Labute approximate surface area is 142 Å². The molecule has 0 aromatic heterocycles. The number of rotatable bonds is 5. The summed E-state index contributed by atoms with van der Waals surface area (Å²) in [5.74, 6) is -3.21. The smallest absolute Gasteiger partial charge is 0.416 e. The summed E-state index contributed by atoms with van der Waals surface area (Å²) < 4.78 is 60.7. The molecule has 6 nitrogen and oxygen atoms in total. The number of benzene rings is 1. The second-order valence-electron chi connectivity index (χ2n) is 5.88. The van der Waals surface area contributed by atoms with Gasteiger partial charge in [0.15, 0.2) is 9.84 Å². The second-order valence-corrected chi connectivity index (χ2v) is 8.11. The summed E-state index contributed by atoms with van der Waals surface area (Å²) in [6.45, 7) is -0.865. The summed E-state index contributed by atoms with van der Waals surface area (Å²) in [5, 5.41) is 8.95. The third-order valence-corrected chi connectivity index (χ3v) is 5.64. The Bertz CT molecular complexity index is 758. The second kappa shape index (κ2) is 7.03. The normalized spacial score (nSPS) is 19.6. The van der Waals surface area contributed by atoms with Crippen molar-refractivity contribution in [3.63, 3.8) is 0 Å². The molecule has 0 unspecified atom stereocenters. The van der Waals surface area contributed by atoms with Gasteiger partial charge in [0.2, 0.25) is 5.91 Å². The summed E-state index contributed by atoms with van der Waals surface area (Å²) in [7, 11) is -3.32. The van der Waals surface area contributed by atoms with Gasteiger partial charge in [-0.25, -0.2) is 8.42 Å². The number of carbonyl (C=O) groups excluding carboxylic acids is 1. The molecule has 10 heteroatoms. The number of sulfone groups is 1. The lowest BCUT2D eigenvalue weighted by atomic mass is 10.1. The topological polar surface area (TPSA) is 91.8 Å². The van der Waals surface area contributed by atoms with Crippen molar-refractivity contribution in [2.45, 2.75) is 19.1 Å². The fourth-order valence-corrected chi connectivity index (χ4v) is 4.38. The highest BCUT2D eigenvalue weighted by molar-refractivity contribution is 7.91. The van der Waals surface area contributed by atoms with Gasteiger partial charge < -0.3 is 10.0 Å². The van der Waals surface area contributed by atoms with E-state index in [4.69, 9.17) is 5.11 Å². The van der Waals surface area contributed by atoms with E-state index in [2.05, 4.69) is 0 Å². The molecule has 1 fully saturated rings. The van der Waals surface area contributed by atoms with Crippen LogP contribution < -0.4 is 0 Å². The first-order valence-electron chi connectivity index (χ1n) is 7.35. The van der Waals surface area contributed by atoms with Crippen molar-refractivity contribution in [1.29, 1.82) is 0 Å². The van der Waals surface area contributed by atoms with Gasteiger partial charge in [-0.3, -0.25) is 9.59 Å². The monoisotopic (exact) mass is 379 g/mol. The van der Waals surface area contributed by atoms with E-state index in [0.29, 0.717) is 5.56 Å². The molecular weight excluding hydrogens is 363 g/mol. The van der Waals surface area contributed by atoms with E-state index >= 15 is 0 Å². The summed E-state index contributed by atoms with van der Waals surface area (Å²) in [6, 6.07) is 4.02. The Morgan fingerprint density at radius 3 is 2.24 bits per heavy atom. The first-order chi connectivity index (χ1) is 11.5. The first kappa shape index (κ1) is 19.2. The summed E-state index contributed by atoms with van der Waals surface area (Å²) >= 11 is 0. The van der Waals surface area contributed by atoms with Gasteiger partial charge in [-0.1, -0.05) is 12.1 Å². The molecule has 1 N–H and O–H groups in total. The highest BCUT2D eigenvalue weighted by atomic mass is 32.2. The van der Waals surface area contributed by atoms with Crippen molar-refractivity contribution in [1.82, 2.24) is 4.90 Å². The molecule has 0 saturated carbocycles. The SMILES string of the molecule is O=C(O)CN(Cc1ccc(C(F)(F)F)cc1)C(=O)[C@@H]1CCS(=O)(=O)C1. The van der Waals surface area contributed by atoms with Crippen LogP contribution in [0.3, 0.4) is 0 Å². The molecule has 1 aromatic rings. The summed E-state index contributed by atoms with van der Waals surface area (Å²) in [5.41, 5.74) is -0.530. The summed E-state index contributed by atoms with van der Waals surface area (Å²) in [4.78, 5) is 24.3. The molecular formula is C15H16F3NO5S. The van der Waals surface area contributed by atoms with Crippen molar-refractivity contribution >= 4 is 21.7 Å². The van der Waals surface area contributed by atoms with Gasteiger partial charge in [-0.05, 0) is 24.1 Å². The van der Waals surface area contributed by atoms with Gasteiger partial charge in [0, 0.05) is 6.54 Å². The van der Waals surface area contributed by atoms with E-state index < -0.39 is 45.9 Å². The number of nitrogens with zero attached hydrogens (tertiary/aromatic N) is 1. The lowest BCUT2D eigenvalue weighted by Gasteiger charge is -2.23. The number of halogens is 3.